The molecule has 0 aliphatic heterocycles. The van der Waals surface area contributed by atoms with Gasteiger partial charge in [-0.3, -0.25) is 9.59 Å². The Labute approximate surface area is 134 Å². The lowest BCUT2D eigenvalue weighted by molar-refractivity contribution is 0.0953. The van der Waals surface area contributed by atoms with E-state index in [9.17, 15) is 9.59 Å². The Morgan fingerprint density at radius 3 is 2.86 bits per heavy atom. The van der Waals surface area contributed by atoms with E-state index in [0.29, 0.717) is 23.5 Å². The quantitative estimate of drug-likeness (QED) is 0.855. The van der Waals surface area contributed by atoms with Crippen molar-refractivity contribution in [2.45, 2.75) is 26.3 Å². The average molecular weight is 322 g/mol. The second-order valence-electron chi connectivity index (χ2n) is 5.12. The standard InChI is InChI=1S/C16H20ClN3O2/c1-2-3-8-20-10-13(16(22)19-7-6-18)15(21)12-5-4-11(17)9-14(12)20/h4-5,9-10H,2-3,6-8,18H2,1H3,(H,19,22). The van der Waals surface area contributed by atoms with Gasteiger partial charge >= 0.3 is 0 Å². The van der Waals surface area contributed by atoms with Crippen LogP contribution < -0.4 is 16.5 Å². The third kappa shape index (κ3) is 3.48. The zero-order valence-corrected chi connectivity index (χ0v) is 13.3. The molecule has 0 unspecified atom stereocenters. The number of hydrogen-bond acceptors (Lipinski definition) is 3. The molecule has 1 aromatic carbocycles. The summed E-state index contributed by atoms with van der Waals surface area (Å²) >= 11 is 6.04. The van der Waals surface area contributed by atoms with Crippen molar-refractivity contribution in [3.63, 3.8) is 0 Å². The first kappa shape index (κ1) is 16.5. The summed E-state index contributed by atoms with van der Waals surface area (Å²) in [7, 11) is 0. The van der Waals surface area contributed by atoms with Gasteiger partial charge in [0.15, 0.2) is 0 Å². The first-order valence-corrected chi connectivity index (χ1v) is 7.77. The Balaban J connectivity index is 2.58. The molecule has 0 fully saturated rings. The number of pyridine rings is 1. The van der Waals surface area contributed by atoms with E-state index in [1.807, 2.05) is 4.57 Å². The Kier molecular flexibility index (Phi) is 5.57. The third-order valence-electron chi connectivity index (χ3n) is 3.47. The number of fused-ring (bicyclic) bond motifs is 1. The zero-order chi connectivity index (χ0) is 16.1. The van der Waals surface area contributed by atoms with Gasteiger partial charge in [0.1, 0.15) is 5.56 Å². The Morgan fingerprint density at radius 2 is 2.18 bits per heavy atom. The van der Waals surface area contributed by atoms with Crippen LogP contribution in [-0.2, 0) is 6.54 Å². The molecule has 0 saturated carbocycles. The van der Waals surface area contributed by atoms with Gasteiger partial charge in [-0.05, 0) is 24.6 Å². The molecule has 118 valence electrons. The first-order chi connectivity index (χ1) is 10.6. The highest BCUT2D eigenvalue weighted by atomic mass is 35.5. The fourth-order valence-corrected chi connectivity index (χ4v) is 2.49. The van der Waals surface area contributed by atoms with E-state index in [0.717, 1.165) is 24.9 Å². The summed E-state index contributed by atoms with van der Waals surface area (Å²) in [5, 5.41) is 3.71. The van der Waals surface area contributed by atoms with Crippen molar-refractivity contribution >= 4 is 28.4 Å². The van der Waals surface area contributed by atoms with Crippen LogP contribution in [0.15, 0.2) is 29.2 Å². The van der Waals surface area contributed by atoms with Crippen molar-refractivity contribution in [2.75, 3.05) is 13.1 Å². The SMILES string of the molecule is CCCCn1cc(C(=O)NCCN)c(=O)c2ccc(Cl)cc21. The van der Waals surface area contributed by atoms with Gasteiger partial charge in [-0.25, -0.2) is 0 Å². The molecule has 0 atom stereocenters. The summed E-state index contributed by atoms with van der Waals surface area (Å²) in [6.07, 6.45) is 3.58. The Morgan fingerprint density at radius 1 is 1.41 bits per heavy atom. The van der Waals surface area contributed by atoms with Gasteiger partial charge in [0.25, 0.3) is 5.91 Å². The number of aromatic nitrogens is 1. The summed E-state index contributed by atoms with van der Waals surface area (Å²) in [6, 6.07) is 5.09. The number of amides is 1. The van der Waals surface area contributed by atoms with Gasteiger partial charge in [0.2, 0.25) is 5.43 Å². The largest absolute Gasteiger partial charge is 0.351 e. The van der Waals surface area contributed by atoms with Crippen LogP contribution in [0, 0.1) is 0 Å². The molecular weight excluding hydrogens is 302 g/mol. The van der Waals surface area contributed by atoms with E-state index >= 15 is 0 Å². The molecule has 0 aliphatic carbocycles. The van der Waals surface area contributed by atoms with Gasteiger partial charge < -0.3 is 15.6 Å². The molecule has 5 nitrogen and oxygen atoms in total. The fourth-order valence-electron chi connectivity index (χ4n) is 2.32. The molecular formula is C16H20ClN3O2. The summed E-state index contributed by atoms with van der Waals surface area (Å²) in [4.78, 5) is 24.7. The molecule has 1 heterocycles. The van der Waals surface area contributed by atoms with Crippen LogP contribution in [0.3, 0.4) is 0 Å². The normalized spacial score (nSPS) is 10.9. The van der Waals surface area contributed by atoms with Crippen LogP contribution in [0.4, 0.5) is 0 Å². The molecule has 2 rings (SSSR count). The van der Waals surface area contributed by atoms with Crippen LogP contribution in [0.2, 0.25) is 5.02 Å². The van der Waals surface area contributed by atoms with Crippen LogP contribution in [0.1, 0.15) is 30.1 Å². The van der Waals surface area contributed by atoms with Gasteiger partial charge in [-0.15, -0.1) is 0 Å². The second kappa shape index (κ2) is 7.42. The number of nitrogens with two attached hydrogens (primary N) is 1. The number of carbonyl (C=O) groups is 1. The van der Waals surface area contributed by atoms with Crippen molar-refractivity contribution < 1.29 is 4.79 Å². The van der Waals surface area contributed by atoms with E-state index in [2.05, 4.69) is 12.2 Å². The number of aryl methyl sites for hydroxylation is 1. The molecule has 0 saturated heterocycles. The van der Waals surface area contributed by atoms with Crippen molar-refractivity contribution in [1.29, 1.82) is 0 Å². The molecule has 1 aromatic heterocycles. The number of benzene rings is 1. The highest BCUT2D eigenvalue weighted by Gasteiger charge is 2.15. The molecule has 0 bridgehead atoms. The predicted octanol–water partition coefficient (Wildman–Crippen LogP) is 2.14. The Hall–Kier alpha value is -1.85. The zero-order valence-electron chi connectivity index (χ0n) is 12.6. The summed E-state index contributed by atoms with van der Waals surface area (Å²) in [5.41, 5.74) is 5.99. The molecule has 2 aromatic rings. The maximum Gasteiger partial charge on any atom is 0.256 e. The van der Waals surface area contributed by atoms with Gasteiger partial charge in [0.05, 0.1) is 5.52 Å². The number of nitrogens with one attached hydrogen (secondary N) is 1. The smallest absolute Gasteiger partial charge is 0.256 e. The van der Waals surface area contributed by atoms with Crippen molar-refractivity contribution in [3.05, 3.63) is 45.2 Å². The number of rotatable bonds is 6. The fraction of sp³-hybridized carbons (Fsp3) is 0.375. The van der Waals surface area contributed by atoms with Crippen molar-refractivity contribution in [2.24, 2.45) is 5.73 Å². The van der Waals surface area contributed by atoms with Gasteiger partial charge in [0, 0.05) is 36.2 Å². The topological polar surface area (TPSA) is 77.1 Å². The highest BCUT2D eigenvalue weighted by Crippen LogP contribution is 2.18. The van der Waals surface area contributed by atoms with E-state index in [4.69, 9.17) is 17.3 Å². The lowest BCUT2D eigenvalue weighted by Gasteiger charge is -2.13. The number of carbonyl (C=O) groups excluding carboxylic acids is 1. The lowest BCUT2D eigenvalue weighted by atomic mass is 10.1. The summed E-state index contributed by atoms with van der Waals surface area (Å²) in [6.45, 7) is 3.49. The van der Waals surface area contributed by atoms with Gasteiger partial charge in [-0.2, -0.15) is 0 Å². The lowest BCUT2D eigenvalue weighted by Crippen LogP contribution is -2.33. The van der Waals surface area contributed by atoms with E-state index in [-0.39, 0.29) is 11.0 Å². The maximum atomic E-state index is 12.5. The minimum Gasteiger partial charge on any atom is -0.351 e. The minimum absolute atomic E-state index is 0.138. The first-order valence-electron chi connectivity index (χ1n) is 7.39. The minimum atomic E-state index is -0.391. The molecule has 3 N–H and O–H groups in total. The maximum absolute atomic E-state index is 12.5. The Bertz CT molecular complexity index is 740. The second-order valence-corrected chi connectivity index (χ2v) is 5.56. The molecule has 22 heavy (non-hydrogen) atoms. The number of halogens is 1. The number of unbranched alkanes of at least 4 members (excludes halogenated alkanes) is 1. The third-order valence-corrected chi connectivity index (χ3v) is 3.71. The van der Waals surface area contributed by atoms with E-state index in [1.54, 1.807) is 24.4 Å². The summed E-state index contributed by atoms with van der Waals surface area (Å²) < 4.78 is 1.92. The molecule has 1 amide bonds. The van der Waals surface area contributed by atoms with E-state index < -0.39 is 5.91 Å². The van der Waals surface area contributed by atoms with Crippen LogP contribution in [-0.4, -0.2) is 23.6 Å². The molecule has 0 radical (unpaired) electrons. The average Bonchev–Trinajstić information content (AvgIpc) is 2.51. The van der Waals surface area contributed by atoms with Crippen LogP contribution in [0.5, 0.6) is 0 Å². The molecule has 0 spiro atoms. The predicted molar refractivity (Wildman–Crippen MR) is 89.5 cm³/mol. The number of nitrogens with zero attached hydrogens (tertiary/aromatic N) is 1. The number of hydrogen-bond donors (Lipinski definition) is 2. The van der Waals surface area contributed by atoms with Crippen LogP contribution in [0.25, 0.3) is 10.9 Å². The van der Waals surface area contributed by atoms with Crippen molar-refractivity contribution in [3.8, 4) is 0 Å². The highest BCUT2D eigenvalue weighted by molar-refractivity contribution is 6.31. The summed E-state index contributed by atoms with van der Waals surface area (Å²) in [5.74, 6) is -0.391. The molecule has 6 heteroatoms. The van der Waals surface area contributed by atoms with E-state index in [1.165, 1.54) is 0 Å². The van der Waals surface area contributed by atoms with Crippen LogP contribution >= 0.6 is 11.6 Å². The van der Waals surface area contributed by atoms with Gasteiger partial charge in [-0.1, -0.05) is 24.9 Å². The van der Waals surface area contributed by atoms with Crippen molar-refractivity contribution in [1.82, 2.24) is 9.88 Å². The molecule has 0 aliphatic rings. The monoisotopic (exact) mass is 321 g/mol.